The molecule has 0 radical (unpaired) electrons. The third kappa shape index (κ3) is 14.7. The highest BCUT2D eigenvalue weighted by molar-refractivity contribution is 5.94. The zero-order chi connectivity index (χ0) is 72.7. The highest BCUT2D eigenvalue weighted by Crippen LogP contribution is 2.69. The zero-order valence-corrected chi connectivity index (χ0v) is 61.6. The van der Waals surface area contributed by atoms with Crippen molar-refractivity contribution < 1.29 is 86.1 Å². The third-order valence-corrected chi connectivity index (χ3v) is 25.1. The standard InChI is InChI=1S/C79H111N3O18/c1-45(2)23-22-24-46(3)54-31-32-55-53-30-29-51-41-52(35-37-75(51,11)56(53)36-38-76(54,55)12)95-71(89)81-40-39-80-60(84)33-34-61(85)97-65(63(49-25-18-16-19-26-49)82-72(90)100-73(6,7)8)70(88)96-57-43-79(91)68(98-69(87)50-27-20-17-21-28-50)66-77(13,67(86)64(93-15)62(47(57)4)74(79,9)10)58(92-14)42-59-78(66,44-94-59)99-48(5)83/h16-21,25-29,45-46,52-59,63-66,68,91H,22-24,30-44H2,1-15H3,(H,80,84)(H,81,89)(H,82,90)/t46-,52+,53?,54-,55?,56?,57+,58+,59-,63+,64-,65-,66+,68+,75+,76-,77-,78+,79-/m1/s1. The molecule has 2 aromatic carbocycles. The second-order valence-electron chi connectivity index (χ2n) is 32.8. The number of amides is 3. The van der Waals surface area contributed by atoms with Gasteiger partial charge in [-0.2, -0.15) is 0 Å². The number of hydrogen-bond donors (Lipinski definition) is 4. The summed E-state index contributed by atoms with van der Waals surface area (Å²) < 4.78 is 55.7. The van der Waals surface area contributed by atoms with E-state index in [9.17, 15) is 33.9 Å². The van der Waals surface area contributed by atoms with Crippen molar-refractivity contribution in [3.8, 4) is 0 Å². The molecule has 3 unspecified atom stereocenters. The highest BCUT2D eigenvalue weighted by Gasteiger charge is 2.78. The molecule has 4 N–H and O–H groups in total. The van der Waals surface area contributed by atoms with Crippen LogP contribution < -0.4 is 16.0 Å². The first-order valence-electron chi connectivity index (χ1n) is 36.6. The minimum Gasteiger partial charge on any atom is -0.455 e. The number of nitrogens with one attached hydrogen (secondary N) is 3. The highest BCUT2D eigenvalue weighted by atomic mass is 16.6. The Morgan fingerprint density at radius 2 is 1.48 bits per heavy atom. The topological polar surface area (TPSA) is 276 Å². The summed E-state index contributed by atoms with van der Waals surface area (Å²) in [6, 6.07) is 14.7. The van der Waals surface area contributed by atoms with Gasteiger partial charge in [0.25, 0.3) is 0 Å². The second-order valence-corrected chi connectivity index (χ2v) is 32.8. The van der Waals surface area contributed by atoms with E-state index >= 15 is 9.59 Å². The molecule has 10 rings (SSSR count). The van der Waals surface area contributed by atoms with Crippen LogP contribution in [-0.2, 0) is 66.6 Å². The second kappa shape index (κ2) is 30.0. The molecule has 2 aromatic rings. The summed E-state index contributed by atoms with van der Waals surface area (Å²) >= 11 is 0. The minimum absolute atomic E-state index is 0.00965. The summed E-state index contributed by atoms with van der Waals surface area (Å²) in [4.78, 5) is 115. The van der Waals surface area contributed by atoms with Gasteiger partial charge in [0, 0.05) is 65.3 Å². The van der Waals surface area contributed by atoms with E-state index in [2.05, 4.69) is 56.6 Å². The summed E-state index contributed by atoms with van der Waals surface area (Å²) in [5.41, 5.74) is -5.68. The quantitative estimate of drug-likeness (QED) is 0.0348. The molecule has 1 saturated heterocycles. The van der Waals surface area contributed by atoms with Crippen LogP contribution in [0.3, 0.4) is 0 Å². The van der Waals surface area contributed by atoms with Gasteiger partial charge in [-0.15, -0.1) is 0 Å². The van der Waals surface area contributed by atoms with Gasteiger partial charge in [-0.1, -0.05) is 128 Å². The summed E-state index contributed by atoms with van der Waals surface area (Å²) in [5.74, 6) is -2.06. The van der Waals surface area contributed by atoms with Crippen molar-refractivity contribution in [2.24, 2.45) is 63.1 Å². The number of allylic oxidation sites excluding steroid dienone is 1. The molecule has 1 aliphatic heterocycles. The van der Waals surface area contributed by atoms with Crippen LogP contribution >= 0.6 is 0 Å². The Hall–Kier alpha value is -6.68. The van der Waals surface area contributed by atoms with Crippen molar-refractivity contribution in [1.29, 1.82) is 0 Å². The van der Waals surface area contributed by atoms with Gasteiger partial charge < -0.3 is 63.7 Å². The summed E-state index contributed by atoms with van der Waals surface area (Å²) in [6.45, 7) is 24.8. The Balaban J connectivity index is 0.835. The number of hydrogen-bond acceptors (Lipinski definition) is 18. The van der Waals surface area contributed by atoms with Crippen LogP contribution in [0.1, 0.15) is 208 Å². The first-order chi connectivity index (χ1) is 47.2. The van der Waals surface area contributed by atoms with Crippen molar-refractivity contribution >= 4 is 47.8 Å². The van der Waals surface area contributed by atoms with Crippen molar-refractivity contribution in [2.75, 3.05) is 33.9 Å². The molecule has 3 amide bonds. The molecule has 0 spiro atoms. The lowest BCUT2D eigenvalue weighted by atomic mass is 9.44. The number of aliphatic hydroxyl groups is 1. The maximum absolute atomic E-state index is 16.0. The molecule has 2 bridgehead atoms. The summed E-state index contributed by atoms with van der Waals surface area (Å²) in [7, 11) is 2.75. The van der Waals surface area contributed by atoms with Crippen LogP contribution in [0.25, 0.3) is 0 Å². The number of carbonyl (C=O) groups excluding carboxylic acids is 8. The van der Waals surface area contributed by atoms with Crippen molar-refractivity contribution in [2.45, 2.75) is 252 Å². The number of esters is 4. The van der Waals surface area contributed by atoms with Crippen LogP contribution in [0.2, 0.25) is 0 Å². The van der Waals surface area contributed by atoms with E-state index in [0.29, 0.717) is 23.7 Å². The largest absolute Gasteiger partial charge is 0.455 e. The number of Topliss-reactive ketones (excluding diaryl/α,β-unsaturated/α-hetero) is 1. The maximum atomic E-state index is 16.0. The predicted molar refractivity (Wildman–Crippen MR) is 371 cm³/mol. The Labute approximate surface area is 590 Å². The van der Waals surface area contributed by atoms with Crippen LogP contribution in [0.15, 0.2) is 83.5 Å². The number of ether oxygens (including phenoxy) is 9. The molecule has 6 fully saturated rings. The lowest BCUT2D eigenvalue weighted by molar-refractivity contribution is -0.347. The fourth-order valence-electron chi connectivity index (χ4n) is 20.0. The molecule has 21 heteroatoms. The Bertz CT molecular complexity index is 3420. The molecule has 8 aliphatic rings. The molecule has 100 heavy (non-hydrogen) atoms. The first-order valence-corrected chi connectivity index (χ1v) is 36.6. The van der Waals surface area contributed by atoms with Crippen LogP contribution in [-0.4, -0.2) is 146 Å². The fourth-order valence-corrected chi connectivity index (χ4v) is 20.0. The van der Waals surface area contributed by atoms with Gasteiger partial charge in [-0.3, -0.25) is 19.2 Å². The Morgan fingerprint density at radius 1 is 0.790 bits per heavy atom. The normalized spacial score (nSPS) is 34.1. The van der Waals surface area contributed by atoms with Crippen LogP contribution in [0.5, 0.6) is 0 Å². The molecule has 550 valence electrons. The number of rotatable bonds is 23. The molecule has 19 atom stereocenters. The molecule has 1 heterocycles. The van der Waals surface area contributed by atoms with Gasteiger partial charge in [0.1, 0.15) is 47.8 Å². The van der Waals surface area contributed by atoms with E-state index in [-0.39, 0.29) is 59.9 Å². The molecule has 7 aliphatic carbocycles. The van der Waals surface area contributed by atoms with E-state index in [0.717, 1.165) is 42.9 Å². The van der Waals surface area contributed by atoms with Crippen LogP contribution in [0, 0.1) is 63.1 Å². The molecular formula is C79H111N3O18. The molecular weight excluding hydrogens is 1280 g/mol. The lowest BCUT2D eigenvalue weighted by Gasteiger charge is -2.67. The number of fused-ring (bicyclic) bond motifs is 10. The average molecular weight is 1390 g/mol. The fraction of sp³-hybridized carbons (Fsp3) is 0.696. The van der Waals surface area contributed by atoms with Crippen molar-refractivity contribution in [3.05, 3.63) is 94.6 Å². The van der Waals surface area contributed by atoms with E-state index in [1.807, 2.05) is 0 Å². The van der Waals surface area contributed by atoms with E-state index < -0.39 is 143 Å². The Kier molecular flexibility index (Phi) is 22.8. The average Bonchev–Trinajstić information content (AvgIpc) is 0.759. The van der Waals surface area contributed by atoms with E-state index in [1.54, 1.807) is 97.0 Å². The third-order valence-electron chi connectivity index (χ3n) is 25.1. The van der Waals surface area contributed by atoms with Gasteiger partial charge in [-0.25, -0.2) is 19.2 Å². The maximum Gasteiger partial charge on any atom is 0.408 e. The number of alkyl carbamates (subject to hydrolysis) is 2. The number of benzene rings is 2. The van der Waals surface area contributed by atoms with Gasteiger partial charge >= 0.3 is 36.1 Å². The monoisotopic (exact) mass is 1390 g/mol. The minimum atomic E-state index is -2.36. The molecule has 0 aromatic heterocycles. The number of carbonyl (C=O) groups is 8. The van der Waals surface area contributed by atoms with Gasteiger partial charge in [0.15, 0.2) is 11.4 Å². The summed E-state index contributed by atoms with van der Waals surface area (Å²) in [5, 5.41) is 22.4. The summed E-state index contributed by atoms with van der Waals surface area (Å²) in [6.07, 6.45) is 3.27. The first kappa shape index (κ1) is 76.0. The predicted octanol–water partition coefficient (Wildman–Crippen LogP) is 12.2. The van der Waals surface area contributed by atoms with Crippen molar-refractivity contribution in [3.63, 3.8) is 0 Å². The van der Waals surface area contributed by atoms with Gasteiger partial charge in [-0.05, 0) is 155 Å². The van der Waals surface area contributed by atoms with Crippen molar-refractivity contribution in [1.82, 2.24) is 16.0 Å². The molecule has 21 nitrogen and oxygen atoms in total. The lowest BCUT2D eigenvalue weighted by Crippen LogP contribution is -2.82. The van der Waals surface area contributed by atoms with Crippen LogP contribution in [0.4, 0.5) is 9.59 Å². The number of ketones is 1. The SMILES string of the molecule is CO[C@H]1C(=O)[C@]2(C)[C@@H](OC)C[C@H]3OC[C@@]3(OC(C)=O)[C@H]2[C@H](OC(=O)c2ccccc2)[C@]2(O)C[C@H](OC(=O)[C@H](OC(=O)CCC(=O)NCCNC(=O)O[C@H]3CC[C@@]4(C)C(=CCC5C4CC[C@@]4(C)C5CC[C@@H]4[C@H](C)CCCC(C)C)C3)[C@@H](NC(=O)OC(C)(C)C)c3ccccc3)C(C)=C1C2(C)C. The van der Waals surface area contributed by atoms with E-state index in [4.69, 9.17) is 42.6 Å². The zero-order valence-electron chi connectivity index (χ0n) is 61.6. The Morgan fingerprint density at radius 3 is 2.12 bits per heavy atom. The van der Waals surface area contributed by atoms with E-state index in [1.165, 1.54) is 83.8 Å². The van der Waals surface area contributed by atoms with Gasteiger partial charge in [0.05, 0.1) is 36.0 Å². The number of methoxy groups -OCH3 is 2. The smallest absolute Gasteiger partial charge is 0.408 e. The van der Waals surface area contributed by atoms with Gasteiger partial charge in [0.2, 0.25) is 12.0 Å². The molecule has 5 saturated carbocycles.